The number of hydrogen-bond acceptors (Lipinski definition) is 2. The zero-order chi connectivity index (χ0) is 12.9. The second-order valence-corrected chi connectivity index (χ2v) is 6.13. The van der Waals surface area contributed by atoms with Gasteiger partial charge in [-0.2, -0.15) is 0 Å². The number of hydrogen-bond donors (Lipinski definition) is 1. The highest BCUT2D eigenvalue weighted by atomic mass is 15.3. The molecule has 0 aromatic heterocycles. The zero-order valence-corrected chi connectivity index (χ0v) is 12.6. The third-order valence-electron chi connectivity index (χ3n) is 4.31. The number of nitrogens with one attached hydrogen (secondary N) is 1. The molecule has 1 atom stereocenters. The summed E-state index contributed by atoms with van der Waals surface area (Å²) >= 11 is 0. The maximum Gasteiger partial charge on any atom is 0.0304 e. The maximum atomic E-state index is 3.83. The lowest BCUT2D eigenvalue weighted by molar-refractivity contribution is 0.0587. The van der Waals surface area contributed by atoms with Crippen LogP contribution in [0.2, 0.25) is 0 Å². The van der Waals surface area contributed by atoms with Crippen molar-refractivity contribution in [2.45, 2.75) is 71.9 Å². The second kappa shape index (κ2) is 6.75. The van der Waals surface area contributed by atoms with Crippen LogP contribution >= 0.6 is 0 Å². The first-order valence-corrected chi connectivity index (χ1v) is 7.56. The highest BCUT2D eigenvalue weighted by Crippen LogP contribution is 2.25. The molecule has 1 aliphatic heterocycles. The van der Waals surface area contributed by atoms with E-state index in [2.05, 4.69) is 44.8 Å². The van der Waals surface area contributed by atoms with Crippen LogP contribution in [0, 0.1) is 5.92 Å². The van der Waals surface area contributed by atoms with Crippen molar-refractivity contribution in [3.8, 4) is 0 Å². The monoisotopic (exact) mass is 240 g/mol. The number of rotatable bonds is 6. The molecule has 1 heterocycles. The van der Waals surface area contributed by atoms with Crippen LogP contribution in [0.4, 0.5) is 0 Å². The van der Waals surface area contributed by atoms with Crippen LogP contribution in [-0.2, 0) is 0 Å². The molecular weight excluding hydrogens is 208 g/mol. The SMILES string of the molecule is CCCC1CNC(CC)(CC)CN1CC(C)C. The summed E-state index contributed by atoms with van der Waals surface area (Å²) < 4.78 is 0. The predicted molar refractivity (Wildman–Crippen MR) is 76.4 cm³/mol. The van der Waals surface area contributed by atoms with E-state index in [9.17, 15) is 0 Å². The molecule has 2 heteroatoms. The molecule has 0 aliphatic carbocycles. The van der Waals surface area contributed by atoms with Crippen molar-refractivity contribution in [2.24, 2.45) is 5.92 Å². The van der Waals surface area contributed by atoms with Crippen molar-refractivity contribution in [1.29, 1.82) is 0 Å². The quantitative estimate of drug-likeness (QED) is 0.766. The van der Waals surface area contributed by atoms with E-state index in [-0.39, 0.29) is 0 Å². The average molecular weight is 240 g/mol. The first-order chi connectivity index (χ1) is 8.06. The zero-order valence-electron chi connectivity index (χ0n) is 12.6. The normalized spacial score (nSPS) is 25.4. The van der Waals surface area contributed by atoms with E-state index in [0.29, 0.717) is 5.54 Å². The van der Waals surface area contributed by atoms with E-state index in [0.717, 1.165) is 12.0 Å². The third kappa shape index (κ3) is 3.96. The number of nitrogens with zero attached hydrogens (tertiary/aromatic N) is 1. The minimum absolute atomic E-state index is 0.374. The molecule has 0 spiro atoms. The van der Waals surface area contributed by atoms with Gasteiger partial charge in [-0.15, -0.1) is 0 Å². The van der Waals surface area contributed by atoms with Crippen molar-refractivity contribution < 1.29 is 0 Å². The van der Waals surface area contributed by atoms with Crippen molar-refractivity contribution in [1.82, 2.24) is 10.2 Å². The van der Waals surface area contributed by atoms with E-state index in [1.807, 2.05) is 0 Å². The molecule has 17 heavy (non-hydrogen) atoms. The van der Waals surface area contributed by atoms with Gasteiger partial charge in [-0.1, -0.05) is 41.0 Å². The first kappa shape index (κ1) is 15.0. The summed E-state index contributed by atoms with van der Waals surface area (Å²) in [5, 5.41) is 3.83. The molecule has 1 N–H and O–H groups in total. The minimum Gasteiger partial charge on any atom is -0.308 e. The van der Waals surface area contributed by atoms with E-state index in [1.165, 1.54) is 45.3 Å². The molecule has 0 bridgehead atoms. The van der Waals surface area contributed by atoms with Crippen LogP contribution in [0.3, 0.4) is 0 Å². The van der Waals surface area contributed by atoms with Crippen LogP contribution in [0.5, 0.6) is 0 Å². The number of piperazine rings is 1. The molecule has 0 aromatic rings. The summed E-state index contributed by atoms with van der Waals surface area (Å²) in [6.45, 7) is 15.3. The highest BCUT2D eigenvalue weighted by Gasteiger charge is 2.36. The summed E-state index contributed by atoms with van der Waals surface area (Å²) in [4.78, 5) is 2.75. The van der Waals surface area contributed by atoms with Gasteiger partial charge in [0.15, 0.2) is 0 Å². The molecule has 102 valence electrons. The Morgan fingerprint density at radius 2 is 1.88 bits per heavy atom. The lowest BCUT2D eigenvalue weighted by Gasteiger charge is -2.48. The van der Waals surface area contributed by atoms with E-state index in [4.69, 9.17) is 0 Å². The molecule has 0 saturated carbocycles. The van der Waals surface area contributed by atoms with Crippen LogP contribution in [0.25, 0.3) is 0 Å². The van der Waals surface area contributed by atoms with Crippen LogP contribution in [0.15, 0.2) is 0 Å². The Morgan fingerprint density at radius 3 is 2.35 bits per heavy atom. The predicted octanol–water partition coefficient (Wildman–Crippen LogP) is 3.28. The van der Waals surface area contributed by atoms with E-state index in [1.54, 1.807) is 0 Å². The summed E-state index contributed by atoms with van der Waals surface area (Å²) in [7, 11) is 0. The Balaban J connectivity index is 2.68. The molecule has 0 aromatic carbocycles. The molecule has 1 aliphatic rings. The molecular formula is C15H32N2. The molecule has 0 amide bonds. The molecule has 1 fully saturated rings. The van der Waals surface area contributed by atoms with Gasteiger partial charge in [0.2, 0.25) is 0 Å². The lowest BCUT2D eigenvalue weighted by Crippen LogP contribution is -2.64. The maximum absolute atomic E-state index is 3.83. The Labute approximate surface area is 108 Å². The Kier molecular flexibility index (Phi) is 5.94. The van der Waals surface area contributed by atoms with Crippen molar-refractivity contribution in [3.63, 3.8) is 0 Å². The van der Waals surface area contributed by atoms with Gasteiger partial charge in [-0.3, -0.25) is 4.90 Å². The third-order valence-corrected chi connectivity index (χ3v) is 4.31. The smallest absolute Gasteiger partial charge is 0.0304 e. The fourth-order valence-electron chi connectivity index (χ4n) is 3.06. The molecule has 0 radical (unpaired) electrons. The largest absolute Gasteiger partial charge is 0.308 e. The fraction of sp³-hybridized carbons (Fsp3) is 1.00. The van der Waals surface area contributed by atoms with E-state index >= 15 is 0 Å². The minimum atomic E-state index is 0.374. The topological polar surface area (TPSA) is 15.3 Å². The molecule has 1 rings (SSSR count). The highest BCUT2D eigenvalue weighted by molar-refractivity contribution is 4.96. The van der Waals surface area contributed by atoms with Gasteiger partial charge < -0.3 is 5.32 Å². The summed E-state index contributed by atoms with van der Waals surface area (Å²) in [5.74, 6) is 0.777. The van der Waals surface area contributed by atoms with Gasteiger partial charge >= 0.3 is 0 Å². The molecule has 1 unspecified atom stereocenters. The first-order valence-electron chi connectivity index (χ1n) is 7.56. The standard InChI is InChI=1S/C15H32N2/c1-6-9-14-10-16-15(7-2,8-3)12-17(14)11-13(4)5/h13-14,16H,6-12H2,1-5H3. The van der Waals surface area contributed by atoms with Gasteiger partial charge in [0.1, 0.15) is 0 Å². The fourth-order valence-corrected chi connectivity index (χ4v) is 3.06. The van der Waals surface area contributed by atoms with Gasteiger partial charge in [0.05, 0.1) is 0 Å². The van der Waals surface area contributed by atoms with Gasteiger partial charge in [-0.05, 0) is 25.2 Å². The summed E-state index contributed by atoms with van der Waals surface area (Å²) in [5.41, 5.74) is 0.374. The van der Waals surface area contributed by atoms with E-state index < -0.39 is 0 Å². The van der Waals surface area contributed by atoms with Gasteiger partial charge in [-0.25, -0.2) is 0 Å². The van der Waals surface area contributed by atoms with Crippen molar-refractivity contribution in [3.05, 3.63) is 0 Å². The van der Waals surface area contributed by atoms with Crippen LogP contribution in [-0.4, -0.2) is 36.1 Å². The second-order valence-electron chi connectivity index (χ2n) is 6.13. The Bertz CT molecular complexity index is 209. The van der Waals surface area contributed by atoms with Gasteiger partial charge in [0.25, 0.3) is 0 Å². The molecule has 1 saturated heterocycles. The summed E-state index contributed by atoms with van der Waals surface area (Å²) in [6, 6.07) is 0.758. The van der Waals surface area contributed by atoms with Crippen LogP contribution < -0.4 is 5.32 Å². The van der Waals surface area contributed by atoms with Crippen LogP contribution in [0.1, 0.15) is 60.3 Å². The molecule has 2 nitrogen and oxygen atoms in total. The van der Waals surface area contributed by atoms with Gasteiger partial charge in [0, 0.05) is 31.2 Å². The van der Waals surface area contributed by atoms with Crippen molar-refractivity contribution >= 4 is 0 Å². The summed E-state index contributed by atoms with van der Waals surface area (Å²) in [6.07, 6.45) is 5.13. The van der Waals surface area contributed by atoms with Crippen molar-refractivity contribution in [2.75, 3.05) is 19.6 Å². The average Bonchev–Trinajstić information content (AvgIpc) is 2.31. The Hall–Kier alpha value is -0.0800. The Morgan fingerprint density at radius 1 is 1.24 bits per heavy atom. The lowest BCUT2D eigenvalue weighted by atomic mass is 9.87.